The summed E-state index contributed by atoms with van der Waals surface area (Å²) in [5, 5.41) is 91.1. The van der Waals surface area contributed by atoms with E-state index in [2.05, 4.69) is 0 Å². The zero-order valence-corrected chi connectivity index (χ0v) is 25.0. The lowest BCUT2D eigenvalue weighted by Gasteiger charge is -2.35. The Kier molecular flexibility index (Phi) is 11.0. The van der Waals surface area contributed by atoms with Crippen molar-refractivity contribution in [1.82, 2.24) is 0 Å². The van der Waals surface area contributed by atoms with Gasteiger partial charge < -0.3 is 46.0 Å². The van der Waals surface area contributed by atoms with Gasteiger partial charge in [-0.3, -0.25) is 0 Å². The summed E-state index contributed by atoms with van der Waals surface area (Å²) in [5.74, 6) is -0.568. The van der Waals surface area contributed by atoms with Gasteiger partial charge in [-0.15, -0.1) is 0 Å². The summed E-state index contributed by atoms with van der Waals surface area (Å²) in [5.41, 5.74) is 3.45. The first-order chi connectivity index (χ1) is 20.9. The molecule has 0 aromatic heterocycles. The highest BCUT2D eigenvalue weighted by Gasteiger charge is 2.35. The summed E-state index contributed by atoms with van der Waals surface area (Å²) in [4.78, 5) is 0. The van der Waals surface area contributed by atoms with Crippen LogP contribution >= 0.6 is 0 Å². The summed E-state index contributed by atoms with van der Waals surface area (Å²) in [6.45, 7) is 3.17. The Balaban J connectivity index is 0.00000552. The fourth-order valence-electron chi connectivity index (χ4n) is 5.83. The van der Waals surface area contributed by atoms with E-state index in [4.69, 9.17) is 0 Å². The van der Waals surface area contributed by atoms with Crippen molar-refractivity contribution < 1.29 is 46.0 Å². The van der Waals surface area contributed by atoms with Gasteiger partial charge in [0.05, 0.1) is 39.6 Å². The summed E-state index contributed by atoms with van der Waals surface area (Å²) < 4.78 is 0. The van der Waals surface area contributed by atoms with E-state index in [0.717, 1.165) is 16.7 Å². The number of benzene rings is 4. The molecule has 0 fully saturated rings. The summed E-state index contributed by atoms with van der Waals surface area (Å²) in [6.07, 6.45) is 0. The Bertz CT molecular complexity index is 1500. The van der Waals surface area contributed by atoms with E-state index < -0.39 is 50.5 Å². The lowest BCUT2D eigenvalue weighted by molar-refractivity contribution is 0.262. The molecule has 0 saturated heterocycles. The van der Waals surface area contributed by atoms with Gasteiger partial charge in [0, 0.05) is 44.2 Å². The van der Waals surface area contributed by atoms with Crippen molar-refractivity contribution in [3.8, 4) is 17.2 Å². The fraction of sp³-hybridized carbons (Fsp3) is 0.333. The average Bonchev–Trinajstić information content (AvgIpc) is 3.04. The number of rotatable bonds is 11. The van der Waals surface area contributed by atoms with Gasteiger partial charge in [0.15, 0.2) is 0 Å². The lowest BCUT2D eigenvalue weighted by Crippen LogP contribution is -2.27. The van der Waals surface area contributed by atoms with Crippen molar-refractivity contribution in [2.75, 3.05) is 0 Å². The van der Waals surface area contributed by atoms with E-state index >= 15 is 0 Å². The van der Waals surface area contributed by atoms with Crippen LogP contribution in [0.4, 0.5) is 0 Å². The average molecular weight is 621 g/mol. The summed E-state index contributed by atoms with van der Waals surface area (Å²) in [7, 11) is 0. The van der Waals surface area contributed by atoms with Crippen molar-refractivity contribution in [3.63, 3.8) is 0 Å². The molecule has 0 unspecified atom stereocenters. The minimum atomic E-state index is -1.03. The second-order valence-electron chi connectivity index (χ2n) is 11.7. The molecule has 0 atom stereocenters. The predicted molar refractivity (Wildman–Crippen MR) is 171 cm³/mol. The van der Waals surface area contributed by atoms with Crippen LogP contribution in [-0.4, -0.2) is 46.0 Å². The Morgan fingerprint density at radius 1 is 0.400 bits per heavy atom. The number of aliphatic hydroxyl groups is 6. The topological polar surface area (TPSA) is 182 Å². The second kappa shape index (κ2) is 14.0. The van der Waals surface area contributed by atoms with Crippen LogP contribution in [0.15, 0.2) is 60.7 Å². The van der Waals surface area contributed by atoms with Gasteiger partial charge in [-0.1, -0.05) is 45.5 Å². The summed E-state index contributed by atoms with van der Waals surface area (Å²) >= 11 is 0. The maximum atomic E-state index is 10.6. The van der Waals surface area contributed by atoms with E-state index in [9.17, 15) is 46.0 Å². The molecule has 9 nitrogen and oxygen atoms in total. The third kappa shape index (κ3) is 6.28. The molecular weight excluding hydrogens is 576 g/mol. The molecule has 0 radical (unpaired) electrons. The molecular formula is C36H44O9. The molecule has 0 amide bonds. The Hall–Kier alpha value is -3.96. The number of aromatic hydroxyl groups is 3. The first kappa shape index (κ1) is 35.5. The minimum absolute atomic E-state index is 0. The monoisotopic (exact) mass is 620 g/mol. The maximum Gasteiger partial charge on any atom is 0.126 e. The van der Waals surface area contributed by atoms with E-state index in [0.29, 0.717) is 22.3 Å². The molecule has 4 aromatic carbocycles. The molecule has 0 aliphatic heterocycles. The molecule has 0 heterocycles. The van der Waals surface area contributed by atoms with Gasteiger partial charge in [0.1, 0.15) is 17.2 Å². The fourth-order valence-corrected chi connectivity index (χ4v) is 5.83. The van der Waals surface area contributed by atoms with Crippen LogP contribution in [0.5, 0.6) is 17.2 Å². The van der Waals surface area contributed by atoms with Crippen molar-refractivity contribution >= 4 is 0 Å². The first-order valence-electron chi connectivity index (χ1n) is 14.2. The van der Waals surface area contributed by atoms with Gasteiger partial charge >= 0.3 is 0 Å². The first-order valence-corrected chi connectivity index (χ1v) is 14.2. The lowest BCUT2D eigenvalue weighted by atomic mass is 9.68. The zero-order valence-electron chi connectivity index (χ0n) is 25.0. The summed E-state index contributed by atoms with van der Waals surface area (Å²) in [6, 6.07) is 17.6. The van der Waals surface area contributed by atoms with Crippen molar-refractivity contribution in [2.45, 2.75) is 78.7 Å². The largest absolute Gasteiger partial charge is 0.507 e. The van der Waals surface area contributed by atoms with Gasteiger partial charge in [-0.25, -0.2) is 0 Å². The molecule has 0 aliphatic carbocycles. The van der Waals surface area contributed by atoms with Crippen LogP contribution in [-0.2, 0) is 50.5 Å². The molecule has 242 valence electrons. The third-order valence-corrected chi connectivity index (χ3v) is 8.89. The zero-order chi connectivity index (χ0) is 32.4. The molecule has 45 heavy (non-hydrogen) atoms. The number of aliphatic hydroxyl groups excluding tert-OH is 6. The van der Waals surface area contributed by atoms with Gasteiger partial charge in [-0.2, -0.15) is 0 Å². The quantitative estimate of drug-likeness (QED) is 0.112. The van der Waals surface area contributed by atoms with E-state index in [1.807, 2.05) is 45.0 Å². The highest BCUT2D eigenvalue weighted by molar-refractivity contribution is 5.58. The maximum absolute atomic E-state index is 10.6. The van der Waals surface area contributed by atoms with E-state index in [1.165, 1.54) is 0 Å². The van der Waals surface area contributed by atoms with E-state index in [1.54, 1.807) is 36.4 Å². The SMILES string of the molecule is C.CC(C)(c1ccc(C(C)(c2cc(CO)c(O)c(CO)c2)c2cc(CO)c(O)c(CO)c2)cc1)c1cc(CO)c(O)c(CO)c1. The van der Waals surface area contributed by atoms with Crippen LogP contribution in [0.2, 0.25) is 0 Å². The van der Waals surface area contributed by atoms with E-state index in [-0.39, 0.29) is 46.9 Å². The van der Waals surface area contributed by atoms with Crippen molar-refractivity contribution in [1.29, 1.82) is 0 Å². The molecule has 0 bridgehead atoms. The number of hydrogen-bond acceptors (Lipinski definition) is 9. The predicted octanol–water partition coefficient (Wildman–Crippen LogP) is 4.07. The molecule has 4 aromatic rings. The number of phenols is 3. The molecule has 9 N–H and O–H groups in total. The minimum Gasteiger partial charge on any atom is -0.507 e. The standard InChI is InChI=1S/C35H40O9.CH4/c1-34(2,28-8-20(14-36)31(42)21(9-28)15-37)26-4-6-27(7-5-26)35(3,29-10-22(16-38)32(43)23(11-29)17-39)30-12-24(18-40)33(44)25(13-30)19-41;/h4-13,36-44H,14-19H2,1-3H3;1H4. The second-order valence-corrected chi connectivity index (χ2v) is 11.7. The Morgan fingerprint density at radius 3 is 0.911 bits per heavy atom. The van der Waals surface area contributed by atoms with Crippen LogP contribution in [0, 0.1) is 0 Å². The van der Waals surface area contributed by atoms with Gasteiger partial charge in [-0.05, 0) is 71.1 Å². The third-order valence-electron chi connectivity index (χ3n) is 8.89. The van der Waals surface area contributed by atoms with Crippen LogP contribution in [0.25, 0.3) is 0 Å². The molecule has 0 aliphatic rings. The smallest absolute Gasteiger partial charge is 0.126 e. The van der Waals surface area contributed by atoms with Crippen LogP contribution in [0.3, 0.4) is 0 Å². The normalized spacial score (nSPS) is 11.8. The molecule has 0 saturated carbocycles. The van der Waals surface area contributed by atoms with Gasteiger partial charge in [0.25, 0.3) is 0 Å². The molecule has 4 rings (SSSR count). The highest BCUT2D eigenvalue weighted by atomic mass is 16.3. The van der Waals surface area contributed by atoms with Gasteiger partial charge in [0.2, 0.25) is 0 Å². The van der Waals surface area contributed by atoms with Crippen LogP contribution in [0.1, 0.15) is 89.4 Å². The van der Waals surface area contributed by atoms with Crippen molar-refractivity contribution in [3.05, 3.63) is 122 Å². The number of hydrogen-bond donors (Lipinski definition) is 9. The van der Waals surface area contributed by atoms with Crippen molar-refractivity contribution in [2.24, 2.45) is 0 Å². The Morgan fingerprint density at radius 2 is 0.644 bits per heavy atom. The molecule has 0 spiro atoms. The highest BCUT2D eigenvalue weighted by Crippen LogP contribution is 2.45. The molecule has 9 heteroatoms. The Labute approximate surface area is 263 Å². The van der Waals surface area contributed by atoms with Crippen LogP contribution < -0.4 is 0 Å².